The van der Waals surface area contributed by atoms with Gasteiger partial charge in [-0.3, -0.25) is 9.59 Å². The lowest BCUT2D eigenvalue weighted by atomic mass is 9.90. The van der Waals surface area contributed by atoms with Gasteiger partial charge in [0.05, 0.1) is 25.5 Å². The van der Waals surface area contributed by atoms with Gasteiger partial charge >= 0.3 is 5.97 Å². The number of nitrogens with zero attached hydrogens (tertiary/aromatic N) is 2. The lowest BCUT2D eigenvalue weighted by Crippen LogP contribution is -2.17. The first-order valence-electron chi connectivity index (χ1n) is 11.0. The number of halogens is 1. The zero-order chi connectivity index (χ0) is 25.4. The van der Waals surface area contributed by atoms with Gasteiger partial charge in [-0.25, -0.2) is 9.37 Å². The van der Waals surface area contributed by atoms with Gasteiger partial charge in [0, 0.05) is 38.8 Å². The number of hydrogen-bond donors (Lipinski definition) is 1. The quantitative estimate of drug-likeness (QED) is 0.389. The van der Waals surface area contributed by atoms with E-state index in [2.05, 4.69) is 4.74 Å². The van der Waals surface area contributed by atoms with Crippen LogP contribution in [0.2, 0.25) is 0 Å². The number of aliphatic hydroxyl groups excluding tert-OH is 1. The number of carbonyl (C=O) groups is 2. The molecule has 1 heterocycles. The summed E-state index contributed by atoms with van der Waals surface area (Å²) in [7, 11) is 6.54. The van der Waals surface area contributed by atoms with Gasteiger partial charge in [-0.05, 0) is 29.2 Å². The number of Topliss-reactive ketones (excluding diaryl/α,β-unsaturated/α-hetero) is 1. The van der Waals surface area contributed by atoms with Gasteiger partial charge in [0.25, 0.3) is 0 Å². The molecule has 0 amide bonds. The summed E-state index contributed by atoms with van der Waals surface area (Å²) in [5.41, 5.74) is 4.01. The van der Waals surface area contributed by atoms with E-state index in [0.717, 1.165) is 22.4 Å². The molecule has 0 aliphatic heterocycles. The summed E-state index contributed by atoms with van der Waals surface area (Å²) < 4.78 is 23.7. The van der Waals surface area contributed by atoms with Crippen LogP contribution in [0.25, 0.3) is 17.2 Å². The Morgan fingerprint density at radius 3 is 2.35 bits per heavy atom. The van der Waals surface area contributed by atoms with E-state index in [1.54, 1.807) is 25.3 Å². The molecule has 0 saturated carbocycles. The number of carbonyl (C=O) groups excluding carboxylic acids is 2. The second-order valence-electron chi connectivity index (χ2n) is 8.50. The fourth-order valence-corrected chi connectivity index (χ4v) is 3.67. The molecule has 0 aliphatic carbocycles. The van der Waals surface area contributed by atoms with Crippen molar-refractivity contribution in [2.75, 3.05) is 33.2 Å². The lowest BCUT2D eigenvalue weighted by molar-refractivity contribution is -0.143. The third kappa shape index (κ3) is 6.95. The molecule has 0 radical (unpaired) electrons. The van der Waals surface area contributed by atoms with Crippen LogP contribution in [0.15, 0.2) is 30.3 Å². The Bertz CT molecular complexity index is 1030. The van der Waals surface area contributed by atoms with E-state index in [-0.39, 0.29) is 18.2 Å². The standard InChI is InChI=1S/C26H33FN2O5/c1-16(2)25-22(15-33-5)24(17-7-9-18(27)10-8-17)21(26(28-25)29(3)4)12-11-19(30)13-20(31)14-23(32)34-6/h7-12,16,19,30H,13-15H2,1-6H3/b12-11+. The number of methoxy groups -OCH3 is 2. The van der Waals surface area contributed by atoms with Crippen LogP contribution in [0.4, 0.5) is 10.2 Å². The van der Waals surface area contributed by atoms with E-state index in [0.29, 0.717) is 18.0 Å². The van der Waals surface area contributed by atoms with E-state index >= 15 is 0 Å². The van der Waals surface area contributed by atoms with Crippen molar-refractivity contribution >= 4 is 23.6 Å². The van der Waals surface area contributed by atoms with Gasteiger partial charge in [0.1, 0.15) is 23.8 Å². The van der Waals surface area contributed by atoms with Crippen molar-refractivity contribution in [3.8, 4) is 11.1 Å². The molecular weight excluding hydrogens is 439 g/mol. The maximum absolute atomic E-state index is 13.7. The fraction of sp³-hybridized carbons (Fsp3) is 0.423. The number of ketones is 1. The number of ether oxygens (including phenoxy) is 2. The molecule has 2 rings (SSSR count). The number of esters is 1. The van der Waals surface area contributed by atoms with Crippen molar-refractivity contribution in [1.82, 2.24) is 4.98 Å². The first kappa shape index (κ1) is 27.1. The zero-order valence-corrected chi connectivity index (χ0v) is 20.6. The predicted molar refractivity (Wildman–Crippen MR) is 130 cm³/mol. The molecular formula is C26H33FN2O5. The smallest absolute Gasteiger partial charge is 0.313 e. The average molecular weight is 473 g/mol. The number of aliphatic hydroxyl groups is 1. The van der Waals surface area contributed by atoms with Crippen molar-refractivity contribution in [3.63, 3.8) is 0 Å². The van der Waals surface area contributed by atoms with Gasteiger partial charge in [0.2, 0.25) is 0 Å². The number of rotatable bonds is 11. The topological polar surface area (TPSA) is 89.0 Å². The molecule has 1 atom stereocenters. The summed E-state index contributed by atoms with van der Waals surface area (Å²) in [4.78, 5) is 30.1. The normalized spacial score (nSPS) is 12.3. The second-order valence-corrected chi connectivity index (χ2v) is 8.50. The van der Waals surface area contributed by atoms with E-state index in [1.165, 1.54) is 25.3 Å². The zero-order valence-electron chi connectivity index (χ0n) is 20.6. The first-order valence-corrected chi connectivity index (χ1v) is 11.0. The minimum Gasteiger partial charge on any atom is -0.469 e. The van der Waals surface area contributed by atoms with Gasteiger partial charge in [-0.1, -0.05) is 38.1 Å². The van der Waals surface area contributed by atoms with Crippen LogP contribution in [0.1, 0.15) is 49.4 Å². The van der Waals surface area contributed by atoms with Crippen molar-refractivity contribution < 1.29 is 28.6 Å². The Morgan fingerprint density at radius 2 is 1.82 bits per heavy atom. The summed E-state index contributed by atoms with van der Waals surface area (Å²) in [5, 5.41) is 10.4. The van der Waals surface area contributed by atoms with Crippen molar-refractivity contribution in [2.24, 2.45) is 0 Å². The highest BCUT2D eigenvalue weighted by Gasteiger charge is 2.23. The number of hydrogen-bond acceptors (Lipinski definition) is 7. The maximum atomic E-state index is 13.7. The van der Waals surface area contributed by atoms with Gasteiger partial charge in [-0.2, -0.15) is 0 Å². The van der Waals surface area contributed by atoms with Crippen LogP contribution >= 0.6 is 0 Å². The summed E-state index contributed by atoms with van der Waals surface area (Å²) in [6.45, 7) is 4.38. The molecule has 1 aromatic heterocycles. The van der Waals surface area contributed by atoms with Gasteiger partial charge in [-0.15, -0.1) is 0 Å². The average Bonchev–Trinajstić information content (AvgIpc) is 2.77. The highest BCUT2D eigenvalue weighted by atomic mass is 19.1. The third-order valence-corrected chi connectivity index (χ3v) is 5.23. The number of pyridine rings is 1. The Morgan fingerprint density at radius 1 is 1.18 bits per heavy atom. The highest BCUT2D eigenvalue weighted by Crippen LogP contribution is 2.38. The van der Waals surface area contributed by atoms with Crippen molar-refractivity contribution in [2.45, 2.75) is 45.3 Å². The van der Waals surface area contributed by atoms with Gasteiger partial charge < -0.3 is 19.5 Å². The van der Waals surface area contributed by atoms with Crippen molar-refractivity contribution in [1.29, 1.82) is 0 Å². The Balaban J connectivity index is 2.65. The lowest BCUT2D eigenvalue weighted by Gasteiger charge is -2.25. The number of benzene rings is 1. The Labute approximate surface area is 200 Å². The van der Waals surface area contributed by atoms with E-state index in [1.807, 2.05) is 32.8 Å². The molecule has 0 spiro atoms. The molecule has 8 heteroatoms. The van der Waals surface area contributed by atoms with E-state index in [9.17, 15) is 19.1 Å². The molecule has 34 heavy (non-hydrogen) atoms. The fourth-order valence-electron chi connectivity index (χ4n) is 3.67. The summed E-state index contributed by atoms with van der Waals surface area (Å²) >= 11 is 0. The third-order valence-electron chi connectivity index (χ3n) is 5.23. The number of aromatic nitrogens is 1. The van der Waals surface area contributed by atoms with Crippen molar-refractivity contribution in [3.05, 3.63) is 53.0 Å². The van der Waals surface area contributed by atoms with Crippen LogP contribution in [0, 0.1) is 5.82 Å². The summed E-state index contributed by atoms with van der Waals surface area (Å²) in [5.74, 6) is -0.661. The summed E-state index contributed by atoms with van der Waals surface area (Å²) in [6, 6.07) is 6.18. The molecule has 1 unspecified atom stereocenters. The number of anilines is 1. The second kappa shape index (κ2) is 12.4. The minimum atomic E-state index is -1.11. The maximum Gasteiger partial charge on any atom is 0.313 e. The van der Waals surface area contributed by atoms with Crippen LogP contribution in [0.5, 0.6) is 0 Å². The van der Waals surface area contributed by atoms with Gasteiger partial charge in [0.15, 0.2) is 0 Å². The van der Waals surface area contributed by atoms with Crippen LogP contribution in [0.3, 0.4) is 0 Å². The molecule has 1 N–H and O–H groups in total. The molecule has 0 saturated heterocycles. The minimum absolute atomic E-state index is 0.0996. The molecule has 184 valence electrons. The predicted octanol–water partition coefficient (Wildman–Crippen LogP) is 4.12. The van der Waals surface area contributed by atoms with Crippen LogP contribution in [-0.4, -0.2) is 56.3 Å². The largest absolute Gasteiger partial charge is 0.469 e. The molecule has 0 aliphatic rings. The molecule has 1 aromatic carbocycles. The molecule has 7 nitrogen and oxygen atoms in total. The Hall–Kier alpha value is -3.10. The monoisotopic (exact) mass is 472 g/mol. The Kier molecular flexibility index (Phi) is 9.89. The SMILES string of the molecule is COCc1c(C(C)C)nc(N(C)C)c(/C=C/C(O)CC(=O)CC(=O)OC)c1-c1ccc(F)cc1. The molecule has 0 fully saturated rings. The highest BCUT2D eigenvalue weighted by molar-refractivity contribution is 5.95. The summed E-state index contributed by atoms with van der Waals surface area (Å²) in [6.07, 6.45) is 1.48. The molecule has 0 bridgehead atoms. The van der Waals surface area contributed by atoms with E-state index in [4.69, 9.17) is 9.72 Å². The van der Waals surface area contributed by atoms with Crippen LogP contribution < -0.4 is 4.90 Å². The molecule has 2 aromatic rings. The van der Waals surface area contributed by atoms with Crippen LogP contribution in [-0.2, 0) is 25.7 Å². The van der Waals surface area contributed by atoms with E-state index < -0.39 is 24.3 Å². The first-order chi connectivity index (χ1) is 16.1.